The van der Waals surface area contributed by atoms with E-state index in [0.717, 1.165) is 29.4 Å². The molecule has 0 saturated carbocycles. The maximum Gasteiger partial charge on any atom is 0.139 e. The lowest BCUT2D eigenvalue weighted by Gasteiger charge is -2.08. The molecule has 0 bridgehead atoms. The molecule has 1 heterocycles. The van der Waals surface area contributed by atoms with Crippen molar-refractivity contribution in [3.05, 3.63) is 53.1 Å². The average Bonchev–Trinajstić information content (AvgIpc) is 2.36. The minimum Gasteiger partial charge on any atom is -0.328 e. The van der Waals surface area contributed by atoms with E-state index in [-0.39, 0.29) is 6.04 Å². The molecule has 0 aliphatic carbocycles. The summed E-state index contributed by atoms with van der Waals surface area (Å²) >= 11 is 1.76. The molecule has 2 rings (SSSR count). The van der Waals surface area contributed by atoms with Crippen molar-refractivity contribution < 1.29 is 0 Å². The van der Waals surface area contributed by atoms with Gasteiger partial charge in [0.25, 0.3) is 0 Å². The van der Waals surface area contributed by atoms with Crippen LogP contribution in [0.1, 0.15) is 29.7 Å². The summed E-state index contributed by atoms with van der Waals surface area (Å²) in [5, 5.41) is 0. The standard InChI is InChI=1S/C16H21N3S/c1-11-4-6-15(7-5-11)20-10-16-18-13(3)9-14(19-16)8-12(2)17/h4-7,9,12H,8,10,17H2,1-3H3. The zero-order chi connectivity index (χ0) is 14.5. The lowest BCUT2D eigenvalue weighted by Crippen LogP contribution is -2.19. The van der Waals surface area contributed by atoms with E-state index in [1.165, 1.54) is 10.5 Å². The summed E-state index contributed by atoms with van der Waals surface area (Å²) in [4.78, 5) is 10.3. The van der Waals surface area contributed by atoms with Crippen LogP contribution in [-0.2, 0) is 12.2 Å². The van der Waals surface area contributed by atoms with Crippen LogP contribution < -0.4 is 5.73 Å². The summed E-state index contributed by atoms with van der Waals surface area (Å²) in [5.74, 6) is 1.67. The Morgan fingerprint density at radius 2 is 1.85 bits per heavy atom. The SMILES string of the molecule is Cc1ccc(SCc2nc(C)cc(CC(C)N)n2)cc1. The van der Waals surface area contributed by atoms with E-state index in [0.29, 0.717) is 0 Å². The van der Waals surface area contributed by atoms with Crippen LogP contribution in [0.2, 0.25) is 0 Å². The summed E-state index contributed by atoms with van der Waals surface area (Å²) < 4.78 is 0. The smallest absolute Gasteiger partial charge is 0.139 e. The predicted octanol–water partition coefficient (Wildman–Crippen LogP) is 3.28. The fraction of sp³-hybridized carbons (Fsp3) is 0.375. The van der Waals surface area contributed by atoms with Gasteiger partial charge in [0.2, 0.25) is 0 Å². The minimum atomic E-state index is 0.127. The van der Waals surface area contributed by atoms with Gasteiger partial charge in [-0.3, -0.25) is 0 Å². The Morgan fingerprint density at radius 1 is 1.15 bits per heavy atom. The number of hydrogen-bond acceptors (Lipinski definition) is 4. The Balaban J connectivity index is 2.05. The lowest BCUT2D eigenvalue weighted by molar-refractivity contribution is 0.713. The largest absolute Gasteiger partial charge is 0.328 e. The van der Waals surface area contributed by atoms with Gasteiger partial charge in [0.05, 0.1) is 5.75 Å². The lowest BCUT2D eigenvalue weighted by atomic mass is 10.2. The van der Waals surface area contributed by atoms with Crippen LogP contribution in [0.15, 0.2) is 35.2 Å². The van der Waals surface area contributed by atoms with Crippen molar-refractivity contribution in [3.63, 3.8) is 0 Å². The van der Waals surface area contributed by atoms with Crippen LogP contribution in [0.3, 0.4) is 0 Å². The summed E-state index contributed by atoms with van der Waals surface area (Å²) in [6.45, 7) is 6.10. The van der Waals surface area contributed by atoms with Crippen molar-refractivity contribution in [2.75, 3.05) is 0 Å². The Hall–Kier alpha value is -1.39. The third kappa shape index (κ3) is 4.62. The zero-order valence-corrected chi connectivity index (χ0v) is 13.1. The van der Waals surface area contributed by atoms with E-state index in [1.807, 2.05) is 19.9 Å². The van der Waals surface area contributed by atoms with Crippen molar-refractivity contribution in [2.24, 2.45) is 5.73 Å². The second-order valence-electron chi connectivity index (χ2n) is 5.20. The maximum absolute atomic E-state index is 5.84. The molecule has 20 heavy (non-hydrogen) atoms. The monoisotopic (exact) mass is 287 g/mol. The first-order valence-electron chi connectivity index (χ1n) is 6.81. The first-order valence-corrected chi connectivity index (χ1v) is 7.80. The third-order valence-electron chi connectivity index (χ3n) is 2.87. The summed E-state index contributed by atoms with van der Waals surface area (Å²) in [5.41, 5.74) is 9.16. The first-order chi connectivity index (χ1) is 9.52. The van der Waals surface area contributed by atoms with Crippen LogP contribution in [0.5, 0.6) is 0 Å². The highest BCUT2D eigenvalue weighted by molar-refractivity contribution is 7.98. The van der Waals surface area contributed by atoms with E-state index in [1.54, 1.807) is 11.8 Å². The van der Waals surface area contributed by atoms with Gasteiger partial charge in [0.15, 0.2) is 0 Å². The highest BCUT2D eigenvalue weighted by Crippen LogP contribution is 2.21. The van der Waals surface area contributed by atoms with Crippen LogP contribution in [-0.4, -0.2) is 16.0 Å². The zero-order valence-electron chi connectivity index (χ0n) is 12.3. The Kier molecular flexibility index (Phi) is 5.15. The van der Waals surface area contributed by atoms with Crippen LogP contribution in [0.25, 0.3) is 0 Å². The Bertz CT molecular complexity index is 564. The molecule has 1 aromatic carbocycles. The summed E-state index contributed by atoms with van der Waals surface area (Å²) in [6, 6.07) is 10.7. The van der Waals surface area contributed by atoms with Crippen molar-refractivity contribution in [3.8, 4) is 0 Å². The van der Waals surface area contributed by atoms with Gasteiger partial charge in [-0.15, -0.1) is 11.8 Å². The molecule has 3 nitrogen and oxygen atoms in total. The van der Waals surface area contributed by atoms with E-state index in [2.05, 4.69) is 41.2 Å². The molecule has 0 saturated heterocycles. The Morgan fingerprint density at radius 3 is 2.50 bits per heavy atom. The number of nitrogens with zero attached hydrogens (tertiary/aromatic N) is 2. The van der Waals surface area contributed by atoms with E-state index >= 15 is 0 Å². The molecule has 0 aliphatic heterocycles. The molecule has 0 aliphatic rings. The second kappa shape index (κ2) is 6.86. The van der Waals surface area contributed by atoms with E-state index in [9.17, 15) is 0 Å². The quantitative estimate of drug-likeness (QED) is 0.858. The van der Waals surface area contributed by atoms with Crippen molar-refractivity contribution >= 4 is 11.8 Å². The number of aryl methyl sites for hydroxylation is 2. The number of thioether (sulfide) groups is 1. The molecule has 0 radical (unpaired) electrons. The fourth-order valence-corrected chi connectivity index (χ4v) is 2.73. The van der Waals surface area contributed by atoms with Gasteiger partial charge in [-0.2, -0.15) is 0 Å². The number of hydrogen-bond donors (Lipinski definition) is 1. The first kappa shape index (κ1) is 15.0. The summed E-state index contributed by atoms with van der Waals surface area (Å²) in [7, 11) is 0. The normalized spacial score (nSPS) is 12.4. The average molecular weight is 287 g/mol. The molecular formula is C16H21N3S. The number of rotatable bonds is 5. The predicted molar refractivity (Wildman–Crippen MR) is 84.9 cm³/mol. The van der Waals surface area contributed by atoms with E-state index < -0.39 is 0 Å². The maximum atomic E-state index is 5.84. The highest BCUT2D eigenvalue weighted by atomic mass is 32.2. The molecule has 0 amide bonds. The van der Waals surface area contributed by atoms with Gasteiger partial charge in [0, 0.05) is 28.7 Å². The second-order valence-corrected chi connectivity index (χ2v) is 6.25. The minimum absolute atomic E-state index is 0.127. The van der Waals surface area contributed by atoms with Gasteiger partial charge in [-0.05, 0) is 39.0 Å². The van der Waals surface area contributed by atoms with Crippen LogP contribution in [0, 0.1) is 13.8 Å². The van der Waals surface area contributed by atoms with Gasteiger partial charge in [-0.1, -0.05) is 17.7 Å². The van der Waals surface area contributed by atoms with Gasteiger partial charge in [-0.25, -0.2) is 9.97 Å². The molecule has 1 aromatic heterocycles. The number of aromatic nitrogens is 2. The Labute approximate surface area is 125 Å². The highest BCUT2D eigenvalue weighted by Gasteiger charge is 2.05. The molecular weight excluding hydrogens is 266 g/mol. The van der Waals surface area contributed by atoms with Crippen molar-refractivity contribution in [1.29, 1.82) is 0 Å². The van der Waals surface area contributed by atoms with Crippen molar-refractivity contribution in [1.82, 2.24) is 9.97 Å². The molecule has 106 valence electrons. The molecule has 0 fully saturated rings. The molecule has 1 unspecified atom stereocenters. The van der Waals surface area contributed by atoms with Crippen molar-refractivity contribution in [2.45, 2.75) is 43.9 Å². The topological polar surface area (TPSA) is 51.8 Å². The molecule has 0 spiro atoms. The number of benzene rings is 1. The van der Waals surface area contributed by atoms with E-state index in [4.69, 9.17) is 5.73 Å². The van der Waals surface area contributed by atoms with Gasteiger partial charge >= 0.3 is 0 Å². The summed E-state index contributed by atoms with van der Waals surface area (Å²) in [6.07, 6.45) is 0.797. The van der Waals surface area contributed by atoms with Gasteiger partial charge in [0.1, 0.15) is 5.82 Å². The fourth-order valence-electron chi connectivity index (χ4n) is 1.98. The molecule has 1 atom stereocenters. The van der Waals surface area contributed by atoms with Crippen LogP contribution in [0.4, 0.5) is 0 Å². The molecule has 2 N–H and O–H groups in total. The third-order valence-corrected chi connectivity index (χ3v) is 3.88. The van der Waals surface area contributed by atoms with Crippen LogP contribution >= 0.6 is 11.8 Å². The molecule has 4 heteroatoms. The number of nitrogens with two attached hydrogens (primary N) is 1. The van der Waals surface area contributed by atoms with Gasteiger partial charge < -0.3 is 5.73 Å². The molecule has 2 aromatic rings.